The lowest BCUT2D eigenvalue weighted by atomic mass is 10.2. The van der Waals surface area contributed by atoms with E-state index in [1.165, 1.54) is 22.5 Å². The van der Waals surface area contributed by atoms with Crippen LogP contribution >= 0.6 is 0 Å². The van der Waals surface area contributed by atoms with E-state index in [1.54, 1.807) is 6.07 Å². The van der Waals surface area contributed by atoms with Gasteiger partial charge in [-0.25, -0.2) is 17.8 Å². The molecule has 1 aromatic carbocycles. The van der Waals surface area contributed by atoms with E-state index < -0.39 is 15.8 Å². The van der Waals surface area contributed by atoms with E-state index in [-0.39, 0.29) is 24.1 Å². The topological polar surface area (TPSA) is 59.5 Å². The molecule has 1 saturated heterocycles. The number of benzene rings is 1. The molecule has 1 fully saturated rings. The lowest BCUT2D eigenvalue weighted by molar-refractivity contribution is 0.0719. The van der Waals surface area contributed by atoms with Gasteiger partial charge in [-0.1, -0.05) is 12.1 Å². The predicted molar refractivity (Wildman–Crippen MR) is 78.5 cm³/mol. The van der Waals surface area contributed by atoms with Crippen LogP contribution in [0.4, 0.5) is 4.39 Å². The number of rotatable bonds is 4. The van der Waals surface area contributed by atoms with E-state index in [0.29, 0.717) is 5.88 Å². The Kier molecular flexibility index (Phi) is 3.84. The van der Waals surface area contributed by atoms with Crippen LogP contribution in [0.5, 0.6) is 5.88 Å². The van der Waals surface area contributed by atoms with Crippen molar-refractivity contribution in [2.24, 2.45) is 0 Å². The minimum Gasteiger partial charge on any atom is -0.472 e. The Morgan fingerprint density at radius 2 is 1.95 bits per heavy atom. The van der Waals surface area contributed by atoms with Crippen LogP contribution in [0.25, 0.3) is 0 Å². The molecule has 2 heterocycles. The maximum atomic E-state index is 13.2. The van der Waals surface area contributed by atoms with Gasteiger partial charge in [0, 0.05) is 11.8 Å². The molecule has 1 aliphatic rings. The SMILES string of the molecule is Cc1cccc(OC2CN(S(=O)(=O)c3cccc(F)c3)C2)n1. The molecule has 0 spiro atoms. The first kappa shape index (κ1) is 14.9. The molecule has 0 radical (unpaired) electrons. The average molecular weight is 322 g/mol. The smallest absolute Gasteiger partial charge is 0.243 e. The number of sulfonamides is 1. The molecular formula is C15H15FN2O3S. The van der Waals surface area contributed by atoms with Crippen LogP contribution in [-0.2, 0) is 10.0 Å². The van der Waals surface area contributed by atoms with Crippen LogP contribution in [-0.4, -0.2) is 36.9 Å². The van der Waals surface area contributed by atoms with E-state index >= 15 is 0 Å². The minimum atomic E-state index is -3.67. The first-order valence-corrected chi connectivity index (χ1v) is 8.25. The number of aryl methyl sites for hydroxylation is 1. The Morgan fingerprint density at radius 1 is 1.23 bits per heavy atom. The largest absolute Gasteiger partial charge is 0.472 e. The van der Waals surface area contributed by atoms with Gasteiger partial charge in [-0.3, -0.25) is 0 Å². The van der Waals surface area contributed by atoms with Crippen molar-refractivity contribution < 1.29 is 17.5 Å². The molecule has 0 amide bonds. The van der Waals surface area contributed by atoms with E-state index in [1.807, 2.05) is 19.1 Å². The van der Waals surface area contributed by atoms with Gasteiger partial charge in [0.1, 0.15) is 11.9 Å². The van der Waals surface area contributed by atoms with Crippen LogP contribution in [0.2, 0.25) is 0 Å². The van der Waals surface area contributed by atoms with Crippen molar-refractivity contribution in [2.75, 3.05) is 13.1 Å². The minimum absolute atomic E-state index is 0.0420. The Bertz CT molecular complexity index is 789. The van der Waals surface area contributed by atoms with Crippen LogP contribution in [0.1, 0.15) is 5.69 Å². The second-order valence-corrected chi connectivity index (χ2v) is 7.07. The normalized spacial score (nSPS) is 16.3. The third-order valence-electron chi connectivity index (χ3n) is 3.40. The average Bonchev–Trinajstić information content (AvgIpc) is 2.42. The summed E-state index contributed by atoms with van der Waals surface area (Å²) in [6.07, 6.45) is -0.238. The quantitative estimate of drug-likeness (QED) is 0.864. The number of hydrogen-bond acceptors (Lipinski definition) is 4. The molecule has 116 valence electrons. The van der Waals surface area contributed by atoms with Crippen molar-refractivity contribution in [1.82, 2.24) is 9.29 Å². The highest BCUT2D eigenvalue weighted by atomic mass is 32.2. The summed E-state index contributed by atoms with van der Waals surface area (Å²) >= 11 is 0. The van der Waals surface area contributed by atoms with Crippen molar-refractivity contribution >= 4 is 10.0 Å². The Balaban J connectivity index is 1.65. The number of aromatic nitrogens is 1. The summed E-state index contributed by atoms with van der Waals surface area (Å²) in [4.78, 5) is 4.17. The highest BCUT2D eigenvalue weighted by molar-refractivity contribution is 7.89. The summed E-state index contributed by atoms with van der Waals surface area (Å²) in [5.41, 5.74) is 0.834. The molecule has 2 aromatic rings. The summed E-state index contributed by atoms with van der Waals surface area (Å²) in [6.45, 7) is 2.32. The number of nitrogens with zero attached hydrogens (tertiary/aromatic N) is 2. The molecule has 0 unspecified atom stereocenters. The van der Waals surface area contributed by atoms with Gasteiger partial charge in [0.2, 0.25) is 15.9 Å². The standard InChI is InChI=1S/C15H15FN2O3S/c1-11-4-2-7-15(17-11)21-13-9-18(10-13)22(19,20)14-6-3-5-12(16)8-14/h2-8,13H,9-10H2,1H3. The van der Waals surface area contributed by atoms with Gasteiger partial charge in [0.15, 0.2) is 0 Å². The van der Waals surface area contributed by atoms with Gasteiger partial charge in [0.25, 0.3) is 0 Å². The van der Waals surface area contributed by atoms with Crippen molar-refractivity contribution in [3.8, 4) is 5.88 Å². The Labute approximate surface area is 128 Å². The first-order chi connectivity index (χ1) is 10.4. The predicted octanol–water partition coefficient (Wildman–Crippen LogP) is 1.98. The summed E-state index contributed by atoms with van der Waals surface area (Å²) < 4.78 is 44.7. The zero-order valence-electron chi connectivity index (χ0n) is 11.9. The molecule has 0 aliphatic carbocycles. The lowest BCUT2D eigenvalue weighted by Crippen LogP contribution is -2.56. The van der Waals surface area contributed by atoms with E-state index in [0.717, 1.165) is 11.8 Å². The number of hydrogen-bond donors (Lipinski definition) is 0. The zero-order chi connectivity index (χ0) is 15.7. The van der Waals surface area contributed by atoms with Gasteiger partial charge in [-0.2, -0.15) is 4.31 Å². The Morgan fingerprint density at radius 3 is 2.64 bits per heavy atom. The first-order valence-electron chi connectivity index (χ1n) is 6.81. The fourth-order valence-electron chi connectivity index (χ4n) is 2.20. The van der Waals surface area contributed by atoms with E-state index in [2.05, 4.69) is 4.98 Å². The molecule has 0 saturated carbocycles. The van der Waals surface area contributed by atoms with Crippen LogP contribution in [0, 0.1) is 12.7 Å². The van der Waals surface area contributed by atoms with Gasteiger partial charge in [-0.15, -0.1) is 0 Å². The van der Waals surface area contributed by atoms with Crippen molar-refractivity contribution in [3.63, 3.8) is 0 Å². The highest BCUT2D eigenvalue weighted by Gasteiger charge is 2.38. The van der Waals surface area contributed by atoms with Gasteiger partial charge in [0.05, 0.1) is 18.0 Å². The molecule has 0 atom stereocenters. The zero-order valence-corrected chi connectivity index (χ0v) is 12.8. The van der Waals surface area contributed by atoms with Crippen molar-refractivity contribution in [1.29, 1.82) is 0 Å². The fourth-order valence-corrected chi connectivity index (χ4v) is 3.74. The molecule has 1 aromatic heterocycles. The summed E-state index contributed by atoms with van der Waals surface area (Å²) in [6, 6.07) is 10.4. The molecule has 5 nitrogen and oxygen atoms in total. The van der Waals surface area contributed by atoms with Crippen molar-refractivity contribution in [3.05, 3.63) is 54.0 Å². The van der Waals surface area contributed by atoms with Gasteiger partial charge >= 0.3 is 0 Å². The van der Waals surface area contributed by atoms with E-state index in [4.69, 9.17) is 4.74 Å². The Hall–Kier alpha value is -1.99. The second kappa shape index (κ2) is 5.66. The van der Waals surface area contributed by atoms with Crippen molar-refractivity contribution in [2.45, 2.75) is 17.9 Å². The number of halogens is 1. The maximum Gasteiger partial charge on any atom is 0.243 e. The van der Waals surface area contributed by atoms with Crippen LogP contribution < -0.4 is 4.74 Å². The summed E-state index contributed by atoms with van der Waals surface area (Å²) in [7, 11) is -3.67. The summed E-state index contributed by atoms with van der Waals surface area (Å²) in [5.74, 6) is -0.0915. The van der Waals surface area contributed by atoms with E-state index in [9.17, 15) is 12.8 Å². The second-order valence-electron chi connectivity index (χ2n) is 5.14. The third-order valence-corrected chi connectivity index (χ3v) is 5.23. The highest BCUT2D eigenvalue weighted by Crippen LogP contribution is 2.24. The molecule has 1 aliphatic heterocycles. The molecule has 7 heteroatoms. The molecule has 0 N–H and O–H groups in total. The summed E-state index contributed by atoms with van der Waals surface area (Å²) in [5, 5.41) is 0. The molecule has 3 rings (SSSR count). The fraction of sp³-hybridized carbons (Fsp3) is 0.267. The lowest BCUT2D eigenvalue weighted by Gasteiger charge is -2.37. The number of pyridine rings is 1. The van der Waals surface area contributed by atoms with Gasteiger partial charge < -0.3 is 4.74 Å². The molecule has 22 heavy (non-hydrogen) atoms. The third kappa shape index (κ3) is 2.95. The van der Waals surface area contributed by atoms with Gasteiger partial charge in [-0.05, 0) is 31.2 Å². The molecule has 0 bridgehead atoms. The maximum absolute atomic E-state index is 13.2. The molecular weight excluding hydrogens is 307 g/mol. The monoisotopic (exact) mass is 322 g/mol. The van der Waals surface area contributed by atoms with Crippen LogP contribution in [0.3, 0.4) is 0 Å². The van der Waals surface area contributed by atoms with Crippen LogP contribution in [0.15, 0.2) is 47.4 Å². The number of ether oxygens (including phenoxy) is 1.